The predicted molar refractivity (Wildman–Crippen MR) is 209 cm³/mol. The summed E-state index contributed by atoms with van der Waals surface area (Å²) < 4.78 is 370. The van der Waals surface area contributed by atoms with Gasteiger partial charge in [0.05, 0.1) is 74.4 Å². The molecule has 0 saturated heterocycles. The summed E-state index contributed by atoms with van der Waals surface area (Å²) in [5.74, 6) is -73.1. The van der Waals surface area contributed by atoms with Crippen LogP contribution in [0.15, 0.2) is 16.7 Å². The molecule has 0 atom stereocenters. The van der Waals surface area contributed by atoms with E-state index in [0.29, 0.717) is 24.3 Å². The third-order valence-electron chi connectivity index (χ3n) is 11.1. The van der Waals surface area contributed by atoms with Gasteiger partial charge in [0.25, 0.3) is 5.69 Å². The van der Waals surface area contributed by atoms with Crippen LogP contribution < -0.4 is 0 Å². The van der Waals surface area contributed by atoms with Crippen molar-refractivity contribution in [2.45, 2.75) is 0 Å². The molecule has 0 radical (unpaired) electrons. The van der Waals surface area contributed by atoms with E-state index in [1.807, 2.05) is 0 Å². The first-order chi connectivity index (χ1) is 36.5. The lowest BCUT2D eigenvalue weighted by molar-refractivity contribution is 0.438. The van der Waals surface area contributed by atoms with Gasteiger partial charge in [0.1, 0.15) is 35.4 Å². The molecule has 0 N–H and O–H groups in total. The standard InChI is InChI=1S/C48F24N6/c1-77-47(22-43(69)39(65)19(40(66)44(22)70)17-33(59)25(51)10(6-76)26(52)34(17)60)15-11(7(3-73)13-27(53)35(61)18(36(62)28(13)54)16-31(57)23(49)9(5-75)24(50)32(16)58)12(15)8(4-74)14-29(55)37(63)20(38(64)30(14)56)21-41(67)45(71)48(78-2)46(72)42(21)68. The number of allylic oxidation sites excluding steroid dienone is 5. The molecule has 0 spiro atoms. The Morgan fingerprint density at radius 3 is 0.705 bits per heavy atom. The van der Waals surface area contributed by atoms with Crippen molar-refractivity contribution in [3.8, 4) is 57.7 Å². The molecule has 0 aliphatic heterocycles. The average molecular weight is 1120 g/mol. The Labute approximate surface area is 413 Å². The van der Waals surface area contributed by atoms with E-state index in [1.165, 1.54) is 0 Å². The van der Waals surface area contributed by atoms with Crippen molar-refractivity contribution < 1.29 is 105 Å². The van der Waals surface area contributed by atoms with Gasteiger partial charge in [0.2, 0.25) is 5.70 Å². The number of hydrogen-bond acceptors (Lipinski definition) is 4. The first-order valence-electron chi connectivity index (χ1n) is 19.3. The second kappa shape index (κ2) is 19.5. The Kier molecular flexibility index (Phi) is 13.9. The number of benzene rings is 6. The fourth-order valence-corrected chi connectivity index (χ4v) is 7.67. The highest BCUT2D eigenvalue weighted by molar-refractivity contribution is 6.11. The molecule has 30 heteroatoms. The zero-order chi connectivity index (χ0) is 58.5. The van der Waals surface area contributed by atoms with E-state index in [0.717, 1.165) is 0 Å². The van der Waals surface area contributed by atoms with Gasteiger partial charge in [-0.3, -0.25) is 0 Å². The maximum Gasteiger partial charge on any atom is 0.262 e. The Morgan fingerprint density at radius 1 is 0.282 bits per heavy atom. The van der Waals surface area contributed by atoms with Crippen molar-refractivity contribution in [2.24, 2.45) is 0 Å². The molecule has 0 aromatic heterocycles. The molecule has 1 fully saturated rings. The second-order valence-corrected chi connectivity index (χ2v) is 14.9. The highest BCUT2D eigenvalue weighted by atomic mass is 19.2. The number of nitrogens with zero attached hydrogens (tertiary/aromatic N) is 6. The van der Waals surface area contributed by atoms with Crippen molar-refractivity contribution >= 4 is 22.5 Å². The Hall–Kier alpha value is -10.2. The smallest absolute Gasteiger partial charge is 0.237 e. The quantitative estimate of drug-likeness (QED) is 0.0717. The molecule has 78 heavy (non-hydrogen) atoms. The van der Waals surface area contributed by atoms with Gasteiger partial charge in [-0.25, -0.2) is 115 Å². The number of rotatable bonds is 6. The van der Waals surface area contributed by atoms with Crippen LogP contribution >= 0.6 is 0 Å². The SMILES string of the molecule is [C-]#[N+]C(=C1C(=C(C#N)c2c(F)c(F)c(-c3c(F)c(F)c(C#N)c(F)c3F)c(F)c2F)C1=C(C#N)c1c(F)c(F)c(-c2c(F)c(F)c([N+]#[C-])c(F)c2F)c(F)c1F)c1c(F)c(F)c(-c2c(F)c(F)c(C#N)c(F)c2F)c(F)c1F. The molecule has 0 amide bonds. The van der Waals surface area contributed by atoms with E-state index in [-0.39, 0.29) is 0 Å². The van der Waals surface area contributed by atoms with Crippen LogP contribution in [-0.4, -0.2) is 0 Å². The van der Waals surface area contributed by atoms with Crippen molar-refractivity contribution in [2.75, 3.05) is 0 Å². The maximum absolute atomic E-state index is 16.2. The molecule has 390 valence electrons. The van der Waals surface area contributed by atoms with E-state index >= 15 is 79.0 Å². The molecular weight excluding hydrogens is 1120 g/mol. The summed E-state index contributed by atoms with van der Waals surface area (Å²) in [6.45, 7) is 14.3. The number of halogens is 24. The summed E-state index contributed by atoms with van der Waals surface area (Å²) in [5.41, 5.74) is -44.3. The van der Waals surface area contributed by atoms with Gasteiger partial charge in [-0.15, -0.1) is 0 Å². The lowest BCUT2D eigenvalue weighted by atomic mass is 9.94. The topological polar surface area (TPSA) is 104 Å². The molecule has 1 saturated carbocycles. The third-order valence-corrected chi connectivity index (χ3v) is 11.1. The van der Waals surface area contributed by atoms with Crippen LogP contribution in [0.1, 0.15) is 27.8 Å². The largest absolute Gasteiger partial charge is 0.262 e. The highest BCUT2D eigenvalue weighted by Crippen LogP contribution is 2.59. The fourth-order valence-electron chi connectivity index (χ4n) is 7.67. The third kappa shape index (κ3) is 7.51. The molecule has 7 rings (SSSR count). The van der Waals surface area contributed by atoms with Gasteiger partial charge in [-0.2, -0.15) is 21.0 Å². The minimum absolute atomic E-state index is 0.587. The van der Waals surface area contributed by atoms with Crippen LogP contribution in [0.5, 0.6) is 0 Å². The minimum atomic E-state index is -3.23. The van der Waals surface area contributed by atoms with Crippen LogP contribution in [0.2, 0.25) is 0 Å². The summed E-state index contributed by atoms with van der Waals surface area (Å²) in [4.78, 5) is 4.48. The molecule has 6 aromatic rings. The van der Waals surface area contributed by atoms with Gasteiger partial charge >= 0.3 is 0 Å². The summed E-state index contributed by atoms with van der Waals surface area (Å²) in [6, 6.07) is 2.46. The van der Waals surface area contributed by atoms with E-state index < -0.39 is 240 Å². The summed E-state index contributed by atoms with van der Waals surface area (Å²) in [6.07, 6.45) is 0. The highest BCUT2D eigenvalue weighted by Gasteiger charge is 2.47. The minimum Gasteiger partial charge on any atom is -0.237 e. The number of hydrogen-bond donors (Lipinski definition) is 0. The van der Waals surface area contributed by atoms with E-state index in [4.69, 9.17) is 23.7 Å². The van der Waals surface area contributed by atoms with Crippen molar-refractivity contribution in [1.29, 1.82) is 21.0 Å². The van der Waals surface area contributed by atoms with Gasteiger partial charge in [-0.1, -0.05) is 0 Å². The summed E-state index contributed by atoms with van der Waals surface area (Å²) in [7, 11) is 0. The Morgan fingerprint density at radius 2 is 0.500 bits per heavy atom. The second-order valence-electron chi connectivity index (χ2n) is 14.9. The number of nitriles is 4. The van der Waals surface area contributed by atoms with E-state index in [9.17, 15) is 36.9 Å². The maximum atomic E-state index is 16.2. The Bertz CT molecular complexity index is 3650. The van der Waals surface area contributed by atoms with Crippen LogP contribution in [0.4, 0.5) is 111 Å². The molecule has 6 nitrogen and oxygen atoms in total. The Balaban J connectivity index is 1.68. The molecule has 0 unspecified atom stereocenters. The van der Waals surface area contributed by atoms with Crippen molar-refractivity contribution in [1.82, 2.24) is 0 Å². The first kappa shape index (κ1) is 55.5. The first-order valence-corrected chi connectivity index (χ1v) is 19.3. The lowest BCUT2D eigenvalue weighted by Crippen LogP contribution is -2.11. The van der Waals surface area contributed by atoms with Crippen LogP contribution in [0.25, 0.3) is 59.9 Å². The van der Waals surface area contributed by atoms with Crippen LogP contribution in [-0.2, 0) is 0 Å². The predicted octanol–water partition coefficient (Wildman–Crippen LogP) is 14.9. The molecule has 1 aliphatic rings. The average Bonchev–Trinajstić information content (AvgIpc) is 4.31. The van der Waals surface area contributed by atoms with E-state index in [2.05, 4.69) is 9.69 Å². The zero-order valence-electron chi connectivity index (χ0n) is 35.8. The van der Waals surface area contributed by atoms with Crippen molar-refractivity contribution in [3.05, 3.63) is 207 Å². The molecule has 0 bridgehead atoms. The van der Waals surface area contributed by atoms with Gasteiger partial charge in [0.15, 0.2) is 140 Å². The molecule has 6 aromatic carbocycles. The van der Waals surface area contributed by atoms with Gasteiger partial charge in [0, 0.05) is 0 Å². The van der Waals surface area contributed by atoms with Crippen molar-refractivity contribution in [3.63, 3.8) is 0 Å². The van der Waals surface area contributed by atoms with E-state index in [1.54, 1.807) is 0 Å². The summed E-state index contributed by atoms with van der Waals surface area (Å²) >= 11 is 0. The molecule has 1 aliphatic carbocycles. The van der Waals surface area contributed by atoms with Crippen LogP contribution in [0.3, 0.4) is 0 Å². The monoisotopic (exact) mass is 1120 g/mol. The van der Waals surface area contributed by atoms with Gasteiger partial charge < -0.3 is 0 Å². The lowest BCUT2D eigenvalue weighted by Gasteiger charge is -2.14. The van der Waals surface area contributed by atoms with Crippen LogP contribution in [0, 0.1) is 198 Å². The zero-order valence-corrected chi connectivity index (χ0v) is 35.8. The normalized spacial score (nSPS) is 13.8. The molecule has 0 heterocycles. The van der Waals surface area contributed by atoms with Gasteiger partial charge in [-0.05, 0) is 16.7 Å². The fraction of sp³-hybridized carbons (Fsp3) is 0. The summed E-state index contributed by atoms with van der Waals surface area (Å²) in [5, 5.41) is 38.1. The molecular formula is C48F24N6.